The first kappa shape index (κ1) is 23.0. The van der Waals surface area contributed by atoms with E-state index in [9.17, 15) is 14.4 Å². The summed E-state index contributed by atoms with van der Waals surface area (Å²) in [5, 5.41) is 3.76. The van der Waals surface area contributed by atoms with Crippen LogP contribution in [-0.4, -0.2) is 21.4 Å². The van der Waals surface area contributed by atoms with Gasteiger partial charge in [-0.2, -0.15) is 0 Å². The second-order valence-electron chi connectivity index (χ2n) is 8.64. The lowest BCUT2D eigenvalue weighted by Crippen LogP contribution is -2.28. The van der Waals surface area contributed by atoms with E-state index in [1.165, 1.54) is 0 Å². The molecule has 2 amide bonds. The van der Waals surface area contributed by atoms with Crippen LogP contribution in [0.4, 0.5) is 0 Å². The molecule has 2 aromatic heterocycles. The first-order chi connectivity index (χ1) is 16.2. The van der Waals surface area contributed by atoms with Gasteiger partial charge in [-0.3, -0.25) is 14.4 Å². The van der Waals surface area contributed by atoms with Gasteiger partial charge in [-0.15, -0.1) is 0 Å². The molecule has 0 saturated heterocycles. The van der Waals surface area contributed by atoms with Gasteiger partial charge < -0.3 is 20.6 Å². The smallest absolute Gasteiger partial charge is 0.254 e. The summed E-state index contributed by atoms with van der Waals surface area (Å²) in [5.41, 5.74) is 11.1. The number of benzene rings is 2. The largest absolute Gasteiger partial charge is 0.366 e. The van der Waals surface area contributed by atoms with Crippen LogP contribution >= 0.6 is 0 Å². The Morgan fingerprint density at radius 1 is 1.06 bits per heavy atom. The fraction of sp³-hybridized carbons (Fsp3) is 0.222. The zero-order valence-corrected chi connectivity index (χ0v) is 19.7. The summed E-state index contributed by atoms with van der Waals surface area (Å²) < 4.78 is 2.09. The molecule has 7 nitrogen and oxygen atoms in total. The minimum atomic E-state index is -0.482. The van der Waals surface area contributed by atoms with Crippen LogP contribution < -0.4 is 16.6 Å². The Morgan fingerprint density at radius 3 is 2.50 bits per heavy atom. The fourth-order valence-electron chi connectivity index (χ4n) is 4.64. The fourth-order valence-corrected chi connectivity index (χ4v) is 4.64. The molecule has 0 bridgehead atoms. The maximum atomic E-state index is 13.4. The van der Waals surface area contributed by atoms with Crippen molar-refractivity contribution in [3.05, 3.63) is 104 Å². The Labute approximate surface area is 197 Å². The molecular weight excluding hydrogens is 428 g/mol. The lowest BCUT2D eigenvalue weighted by molar-refractivity contribution is 0.0950. The van der Waals surface area contributed by atoms with Crippen molar-refractivity contribution >= 4 is 22.7 Å². The molecule has 0 aliphatic carbocycles. The van der Waals surface area contributed by atoms with Crippen LogP contribution in [0.15, 0.2) is 59.4 Å². The average molecular weight is 457 g/mol. The first-order valence-electron chi connectivity index (χ1n) is 11.2. The number of fused-ring (bicyclic) bond motifs is 1. The monoisotopic (exact) mass is 456 g/mol. The molecule has 4 rings (SSSR count). The van der Waals surface area contributed by atoms with E-state index in [2.05, 4.69) is 14.9 Å². The van der Waals surface area contributed by atoms with Crippen molar-refractivity contribution in [1.29, 1.82) is 0 Å². The number of hydrogen-bond acceptors (Lipinski definition) is 3. The van der Waals surface area contributed by atoms with Crippen LogP contribution in [0.5, 0.6) is 0 Å². The SMILES string of the molecule is Cc1cc(C)c(CNC(=O)c2c(C)n([C@@H](C)c3cccc(C(N)=O)c3)c3ccccc23)c(=O)[nH]1. The summed E-state index contributed by atoms with van der Waals surface area (Å²) in [6, 6.07) is 16.7. The van der Waals surface area contributed by atoms with Crippen molar-refractivity contribution in [2.24, 2.45) is 5.73 Å². The van der Waals surface area contributed by atoms with Crippen LogP contribution in [0.2, 0.25) is 0 Å². The molecule has 0 aliphatic rings. The quantitative estimate of drug-likeness (QED) is 0.409. The third-order valence-corrected chi connectivity index (χ3v) is 6.34. The number of aromatic nitrogens is 2. The van der Waals surface area contributed by atoms with Crippen molar-refractivity contribution in [2.45, 2.75) is 40.3 Å². The summed E-state index contributed by atoms with van der Waals surface area (Å²) in [7, 11) is 0. The lowest BCUT2D eigenvalue weighted by atomic mass is 10.0. The summed E-state index contributed by atoms with van der Waals surface area (Å²) in [6.07, 6.45) is 0. The number of para-hydroxylation sites is 1. The number of carbonyl (C=O) groups is 2. The molecule has 0 aliphatic heterocycles. The van der Waals surface area contributed by atoms with E-state index in [1.54, 1.807) is 12.1 Å². The van der Waals surface area contributed by atoms with Crippen molar-refractivity contribution < 1.29 is 9.59 Å². The van der Waals surface area contributed by atoms with Gasteiger partial charge in [0.25, 0.3) is 11.5 Å². The van der Waals surface area contributed by atoms with Crippen LogP contribution in [-0.2, 0) is 6.54 Å². The number of nitrogens with one attached hydrogen (secondary N) is 2. The summed E-state index contributed by atoms with van der Waals surface area (Å²) in [4.78, 5) is 40.2. The van der Waals surface area contributed by atoms with E-state index in [4.69, 9.17) is 5.73 Å². The van der Waals surface area contributed by atoms with E-state index >= 15 is 0 Å². The third-order valence-electron chi connectivity index (χ3n) is 6.34. The Kier molecular flexibility index (Phi) is 6.11. The minimum absolute atomic E-state index is 0.134. The number of carbonyl (C=O) groups excluding carboxylic acids is 2. The van der Waals surface area contributed by atoms with Gasteiger partial charge in [-0.25, -0.2) is 0 Å². The van der Waals surface area contributed by atoms with Gasteiger partial charge in [0.1, 0.15) is 0 Å². The van der Waals surface area contributed by atoms with Crippen molar-refractivity contribution in [3.8, 4) is 0 Å². The molecule has 0 spiro atoms. The number of rotatable bonds is 6. The zero-order chi connectivity index (χ0) is 24.6. The molecule has 1 atom stereocenters. The number of aryl methyl sites for hydroxylation is 2. The van der Waals surface area contributed by atoms with Gasteiger partial charge in [0.2, 0.25) is 5.91 Å². The maximum Gasteiger partial charge on any atom is 0.254 e. The number of primary amides is 1. The molecule has 0 unspecified atom stereocenters. The predicted octanol–water partition coefficient (Wildman–Crippen LogP) is 3.89. The molecule has 0 fully saturated rings. The molecule has 0 radical (unpaired) electrons. The van der Waals surface area contributed by atoms with E-state index in [-0.39, 0.29) is 24.1 Å². The van der Waals surface area contributed by atoms with Crippen LogP contribution in [0.25, 0.3) is 10.9 Å². The highest BCUT2D eigenvalue weighted by Gasteiger charge is 2.23. The van der Waals surface area contributed by atoms with E-state index in [0.717, 1.165) is 33.4 Å². The van der Waals surface area contributed by atoms with Crippen molar-refractivity contribution in [1.82, 2.24) is 14.9 Å². The Bertz CT molecular complexity index is 1480. The molecular formula is C27H28N4O3. The van der Waals surface area contributed by atoms with Crippen molar-refractivity contribution in [3.63, 3.8) is 0 Å². The first-order valence-corrected chi connectivity index (χ1v) is 11.2. The summed E-state index contributed by atoms with van der Waals surface area (Å²) in [5.74, 6) is -0.727. The minimum Gasteiger partial charge on any atom is -0.366 e. The normalized spacial score (nSPS) is 12.0. The third kappa shape index (κ3) is 4.12. The molecule has 2 aromatic carbocycles. The molecule has 2 heterocycles. The molecule has 0 saturated carbocycles. The second-order valence-corrected chi connectivity index (χ2v) is 8.64. The number of amides is 2. The second kappa shape index (κ2) is 9.02. The molecule has 174 valence electrons. The highest BCUT2D eigenvalue weighted by atomic mass is 16.2. The number of H-pyrrole nitrogens is 1. The highest BCUT2D eigenvalue weighted by molar-refractivity contribution is 6.08. The topological polar surface area (TPSA) is 110 Å². The molecule has 4 N–H and O–H groups in total. The predicted molar refractivity (Wildman–Crippen MR) is 133 cm³/mol. The summed E-state index contributed by atoms with van der Waals surface area (Å²) >= 11 is 0. The lowest BCUT2D eigenvalue weighted by Gasteiger charge is -2.19. The van der Waals surface area contributed by atoms with Gasteiger partial charge in [-0.1, -0.05) is 30.3 Å². The van der Waals surface area contributed by atoms with Gasteiger partial charge in [-0.05, 0) is 63.1 Å². The van der Waals surface area contributed by atoms with Gasteiger partial charge in [0.15, 0.2) is 0 Å². The van der Waals surface area contributed by atoms with E-state index < -0.39 is 5.91 Å². The number of pyridine rings is 1. The standard InChI is InChI=1S/C27H28N4O3/c1-15-12-16(2)30-26(33)22(15)14-29-27(34)24-18(4)31(23-11-6-5-10-21(23)24)17(3)19-8-7-9-20(13-19)25(28)32/h5-13,17H,14H2,1-4H3,(H2,28,32)(H,29,34)(H,30,33)/t17-/m0/s1. The van der Waals surface area contributed by atoms with Crippen molar-refractivity contribution in [2.75, 3.05) is 0 Å². The van der Waals surface area contributed by atoms with Crippen LogP contribution in [0, 0.1) is 20.8 Å². The van der Waals surface area contributed by atoms with Gasteiger partial charge >= 0.3 is 0 Å². The van der Waals surface area contributed by atoms with E-state index in [0.29, 0.717) is 16.7 Å². The number of nitrogens with zero attached hydrogens (tertiary/aromatic N) is 1. The summed E-state index contributed by atoms with van der Waals surface area (Å²) in [6.45, 7) is 7.76. The van der Waals surface area contributed by atoms with Crippen LogP contribution in [0.3, 0.4) is 0 Å². The Balaban J connectivity index is 1.73. The average Bonchev–Trinajstić information content (AvgIpc) is 3.09. The number of hydrogen-bond donors (Lipinski definition) is 3. The maximum absolute atomic E-state index is 13.4. The van der Waals surface area contributed by atoms with Gasteiger partial charge in [0.05, 0.1) is 11.6 Å². The zero-order valence-electron chi connectivity index (χ0n) is 19.7. The van der Waals surface area contributed by atoms with Gasteiger partial charge in [0, 0.05) is 40.0 Å². The van der Waals surface area contributed by atoms with Crippen LogP contribution in [0.1, 0.15) is 61.8 Å². The highest BCUT2D eigenvalue weighted by Crippen LogP contribution is 2.32. The van der Waals surface area contributed by atoms with E-state index in [1.807, 2.05) is 70.2 Å². The molecule has 7 heteroatoms. The molecule has 34 heavy (non-hydrogen) atoms. The molecule has 4 aromatic rings. The number of nitrogens with two attached hydrogens (primary N) is 1. The Hall–Kier alpha value is -4.13. The number of aromatic amines is 1. The Morgan fingerprint density at radius 2 is 1.79 bits per heavy atom.